The van der Waals surface area contributed by atoms with E-state index >= 15 is 0 Å². The lowest BCUT2D eigenvalue weighted by Gasteiger charge is -2.30. The Labute approximate surface area is 103 Å². The summed E-state index contributed by atoms with van der Waals surface area (Å²) in [6, 6.07) is 0.902. The van der Waals surface area contributed by atoms with Gasteiger partial charge in [-0.05, 0) is 38.5 Å². The highest BCUT2D eigenvalue weighted by Crippen LogP contribution is 2.40. The minimum absolute atomic E-state index is 0.129. The quantitative estimate of drug-likeness (QED) is 0.726. The molecule has 2 fully saturated rings. The standard InChI is InChI=1S/C13H24N2O2/c1-9(10-3-4-10)15(11-5-6-11)13(16)7-12(8-14)17-2/h9-12H,3-8,14H2,1-2H3. The number of nitrogens with two attached hydrogens (primary N) is 1. The number of amides is 1. The van der Waals surface area contributed by atoms with Crippen molar-refractivity contribution < 1.29 is 9.53 Å². The Hall–Kier alpha value is -0.610. The smallest absolute Gasteiger partial charge is 0.225 e. The molecular formula is C13H24N2O2. The lowest BCUT2D eigenvalue weighted by Crippen LogP contribution is -2.43. The molecule has 0 heterocycles. The van der Waals surface area contributed by atoms with Crippen LogP contribution in [0.4, 0.5) is 0 Å². The fraction of sp³-hybridized carbons (Fsp3) is 0.923. The number of methoxy groups -OCH3 is 1. The summed E-state index contributed by atoms with van der Waals surface area (Å²) in [6.07, 6.45) is 5.20. The largest absolute Gasteiger partial charge is 0.380 e. The fourth-order valence-electron chi connectivity index (χ4n) is 2.48. The van der Waals surface area contributed by atoms with Crippen molar-refractivity contribution >= 4 is 5.91 Å². The molecular weight excluding hydrogens is 216 g/mol. The van der Waals surface area contributed by atoms with Gasteiger partial charge in [0.15, 0.2) is 0 Å². The SMILES string of the molecule is COC(CN)CC(=O)N(C1CC1)C(C)C1CC1. The van der Waals surface area contributed by atoms with Gasteiger partial charge in [0.25, 0.3) is 0 Å². The van der Waals surface area contributed by atoms with Gasteiger partial charge in [0.2, 0.25) is 5.91 Å². The van der Waals surface area contributed by atoms with E-state index in [0.29, 0.717) is 25.0 Å². The first-order chi connectivity index (χ1) is 8.17. The van der Waals surface area contributed by atoms with Crippen molar-refractivity contribution in [3.63, 3.8) is 0 Å². The molecule has 17 heavy (non-hydrogen) atoms. The first kappa shape index (κ1) is 12.8. The van der Waals surface area contributed by atoms with Crippen LogP contribution in [-0.2, 0) is 9.53 Å². The first-order valence-electron chi connectivity index (χ1n) is 6.71. The summed E-state index contributed by atoms with van der Waals surface area (Å²) in [4.78, 5) is 14.4. The molecule has 0 aliphatic heterocycles. The number of rotatable bonds is 7. The molecule has 2 saturated carbocycles. The first-order valence-corrected chi connectivity index (χ1v) is 6.71. The van der Waals surface area contributed by atoms with Crippen LogP contribution in [0.15, 0.2) is 0 Å². The van der Waals surface area contributed by atoms with Gasteiger partial charge in [0, 0.05) is 25.7 Å². The number of carbonyl (C=O) groups excluding carboxylic acids is 1. The van der Waals surface area contributed by atoms with Gasteiger partial charge in [-0.1, -0.05) is 0 Å². The van der Waals surface area contributed by atoms with Crippen LogP contribution < -0.4 is 5.73 Å². The molecule has 0 aromatic heterocycles. The fourth-order valence-corrected chi connectivity index (χ4v) is 2.48. The molecule has 2 N–H and O–H groups in total. The molecule has 0 bridgehead atoms. The molecule has 0 spiro atoms. The molecule has 2 atom stereocenters. The summed E-state index contributed by atoms with van der Waals surface area (Å²) in [5.41, 5.74) is 5.58. The van der Waals surface area contributed by atoms with E-state index < -0.39 is 0 Å². The maximum Gasteiger partial charge on any atom is 0.225 e. The Morgan fingerprint density at radius 1 is 1.41 bits per heavy atom. The average molecular weight is 240 g/mol. The van der Waals surface area contributed by atoms with Gasteiger partial charge in [0.1, 0.15) is 0 Å². The van der Waals surface area contributed by atoms with Crippen molar-refractivity contribution in [1.82, 2.24) is 4.90 Å². The highest BCUT2D eigenvalue weighted by atomic mass is 16.5. The van der Waals surface area contributed by atoms with Gasteiger partial charge in [0.05, 0.1) is 12.5 Å². The van der Waals surface area contributed by atoms with E-state index in [0.717, 1.165) is 5.92 Å². The maximum absolute atomic E-state index is 12.3. The highest BCUT2D eigenvalue weighted by Gasteiger charge is 2.41. The predicted octanol–water partition coefficient (Wildman–Crippen LogP) is 1.14. The lowest BCUT2D eigenvalue weighted by molar-refractivity contribution is -0.136. The van der Waals surface area contributed by atoms with E-state index in [9.17, 15) is 4.79 Å². The zero-order chi connectivity index (χ0) is 12.4. The normalized spacial score (nSPS) is 23.2. The van der Waals surface area contributed by atoms with Crippen LogP contribution in [0.3, 0.4) is 0 Å². The van der Waals surface area contributed by atoms with Gasteiger partial charge >= 0.3 is 0 Å². The molecule has 1 amide bonds. The summed E-state index contributed by atoms with van der Waals surface area (Å²) in [6.45, 7) is 2.61. The van der Waals surface area contributed by atoms with Crippen LogP contribution in [0.2, 0.25) is 0 Å². The summed E-state index contributed by atoms with van der Waals surface area (Å²) < 4.78 is 5.20. The second-order valence-electron chi connectivity index (χ2n) is 5.41. The number of carbonyl (C=O) groups is 1. The van der Waals surface area contributed by atoms with Crippen LogP contribution in [-0.4, -0.2) is 42.6 Å². The van der Waals surface area contributed by atoms with Crippen molar-refractivity contribution in [1.29, 1.82) is 0 Å². The van der Waals surface area contributed by atoms with Crippen molar-refractivity contribution in [2.24, 2.45) is 11.7 Å². The van der Waals surface area contributed by atoms with Crippen LogP contribution >= 0.6 is 0 Å². The number of ether oxygens (including phenoxy) is 1. The molecule has 0 radical (unpaired) electrons. The van der Waals surface area contributed by atoms with Gasteiger partial charge in [-0.25, -0.2) is 0 Å². The molecule has 0 saturated heterocycles. The molecule has 98 valence electrons. The maximum atomic E-state index is 12.3. The highest BCUT2D eigenvalue weighted by molar-refractivity contribution is 5.77. The van der Waals surface area contributed by atoms with E-state index in [1.807, 2.05) is 0 Å². The van der Waals surface area contributed by atoms with Gasteiger partial charge in [-0.3, -0.25) is 4.79 Å². The zero-order valence-electron chi connectivity index (χ0n) is 10.9. The Kier molecular flexibility index (Phi) is 4.05. The Morgan fingerprint density at radius 2 is 2.06 bits per heavy atom. The lowest BCUT2D eigenvalue weighted by atomic mass is 10.1. The van der Waals surface area contributed by atoms with E-state index in [2.05, 4.69) is 11.8 Å². The van der Waals surface area contributed by atoms with Crippen molar-refractivity contribution in [3.8, 4) is 0 Å². The molecule has 2 unspecified atom stereocenters. The summed E-state index contributed by atoms with van der Waals surface area (Å²) >= 11 is 0. The third-order valence-corrected chi connectivity index (χ3v) is 3.97. The predicted molar refractivity (Wildman–Crippen MR) is 66.5 cm³/mol. The zero-order valence-corrected chi connectivity index (χ0v) is 10.9. The summed E-state index contributed by atoms with van der Waals surface area (Å²) in [5.74, 6) is 0.961. The molecule has 0 aromatic rings. The van der Waals surface area contributed by atoms with Crippen LogP contribution in [0.5, 0.6) is 0 Å². The third kappa shape index (κ3) is 3.19. The summed E-state index contributed by atoms with van der Waals surface area (Å²) in [7, 11) is 1.62. The molecule has 2 aliphatic carbocycles. The number of hydrogen-bond acceptors (Lipinski definition) is 3. The summed E-state index contributed by atoms with van der Waals surface area (Å²) in [5, 5.41) is 0. The topological polar surface area (TPSA) is 55.6 Å². The molecule has 0 aromatic carbocycles. The Morgan fingerprint density at radius 3 is 2.47 bits per heavy atom. The number of hydrogen-bond donors (Lipinski definition) is 1. The van der Waals surface area contributed by atoms with Crippen molar-refractivity contribution in [2.45, 2.75) is 57.2 Å². The third-order valence-electron chi connectivity index (χ3n) is 3.97. The van der Waals surface area contributed by atoms with Crippen molar-refractivity contribution in [2.75, 3.05) is 13.7 Å². The Bertz CT molecular complexity index is 271. The van der Waals surface area contributed by atoms with E-state index in [1.54, 1.807) is 7.11 Å². The molecule has 2 rings (SSSR count). The second kappa shape index (κ2) is 5.36. The van der Waals surface area contributed by atoms with Crippen LogP contribution in [0.1, 0.15) is 39.0 Å². The van der Waals surface area contributed by atoms with Crippen LogP contribution in [0, 0.1) is 5.92 Å². The minimum Gasteiger partial charge on any atom is -0.380 e. The van der Waals surface area contributed by atoms with Gasteiger partial charge in [-0.15, -0.1) is 0 Å². The van der Waals surface area contributed by atoms with E-state index in [-0.39, 0.29) is 12.0 Å². The Balaban J connectivity index is 1.92. The molecule has 2 aliphatic rings. The van der Waals surface area contributed by atoms with Crippen molar-refractivity contribution in [3.05, 3.63) is 0 Å². The molecule has 4 heteroatoms. The van der Waals surface area contributed by atoms with E-state index in [4.69, 9.17) is 10.5 Å². The average Bonchev–Trinajstić information content (AvgIpc) is 3.17. The number of nitrogens with zero attached hydrogens (tertiary/aromatic N) is 1. The van der Waals surface area contributed by atoms with Crippen LogP contribution in [0.25, 0.3) is 0 Å². The van der Waals surface area contributed by atoms with Gasteiger partial charge in [-0.2, -0.15) is 0 Å². The minimum atomic E-state index is -0.129. The molecule has 4 nitrogen and oxygen atoms in total. The second-order valence-corrected chi connectivity index (χ2v) is 5.41. The van der Waals surface area contributed by atoms with E-state index in [1.165, 1.54) is 25.7 Å². The monoisotopic (exact) mass is 240 g/mol. The van der Waals surface area contributed by atoms with Gasteiger partial charge < -0.3 is 15.4 Å².